The van der Waals surface area contributed by atoms with Crippen molar-refractivity contribution in [3.63, 3.8) is 0 Å². The Bertz CT molecular complexity index is 2870. The molecule has 0 bridgehead atoms. The van der Waals surface area contributed by atoms with E-state index < -0.39 is 5.41 Å². The van der Waals surface area contributed by atoms with Crippen molar-refractivity contribution in [1.82, 2.24) is 15.0 Å². The quantitative estimate of drug-likeness (QED) is 0.184. The maximum Gasteiger partial charge on any atom is 0.163 e. The van der Waals surface area contributed by atoms with Crippen LogP contribution >= 0.6 is 0 Å². The zero-order valence-electron chi connectivity index (χ0n) is 30.0. The van der Waals surface area contributed by atoms with E-state index in [9.17, 15) is 0 Å². The minimum absolute atomic E-state index is 0.000791. The molecule has 4 unspecified atom stereocenters. The fraction of sp³-hybridized carbons (Fsp3) is 0.140. The smallest absolute Gasteiger partial charge is 0.163 e. The Morgan fingerprint density at radius 3 is 2.50 bits per heavy atom. The van der Waals surface area contributed by atoms with E-state index in [2.05, 4.69) is 159 Å². The van der Waals surface area contributed by atoms with Crippen LogP contribution in [0.15, 0.2) is 185 Å². The molecular formula is C50H37N3O. The number of allylic oxidation sites excluding steroid dienone is 18. The van der Waals surface area contributed by atoms with Crippen LogP contribution in [0.5, 0.6) is 0 Å². The number of rotatable bonds is 4. The first-order chi connectivity index (χ1) is 26.6. The van der Waals surface area contributed by atoms with Gasteiger partial charge in [-0.05, 0) is 76.6 Å². The number of para-hydroxylation sites is 1. The Kier molecular flexibility index (Phi) is 6.97. The average Bonchev–Trinajstić information content (AvgIpc) is 3.62. The van der Waals surface area contributed by atoms with Gasteiger partial charge in [-0.25, -0.2) is 15.0 Å². The van der Waals surface area contributed by atoms with Crippen molar-refractivity contribution >= 4 is 43.9 Å². The second kappa shape index (κ2) is 12.1. The molecule has 0 spiro atoms. The maximum absolute atomic E-state index is 6.33. The normalized spacial score (nSPS) is 24.0. The summed E-state index contributed by atoms with van der Waals surface area (Å²) in [6.07, 6.45) is 31.6. The Morgan fingerprint density at radius 2 is 1.54 bits per heavy atom. The number of aromatic nitrogens is 3. The predicted molar refractivity (Wildman–Crippen MR) is 220 cm³/mol. The van der Waals surface area contributed by atoms with Crippen LogP contribution in [0.4, 0.5) is 0 Å². The molecule has 5 aliphatic carbocycles. The van der Waals surface area contributed by atoms with Gasteiger partial charge in [-0.2, -0.15) is 0 Å². The van der Waals surface area contributed by atoms with Gasteiger partial charge in [0.25, 0.3) is 0 Å². The molecule has 0 saturated carbocycles. The van der Waals surface area contributed by atoms with Crippen LogP contribution in [0.1, 0.15) is 37.0 Å². The van der Waals surface area contributed by atoms with Crippen molar-refractivity contribution in [2.75, 3.05) is 0 Å². The van der Waals surface area contributed by atoms with Crippen LogP contribution in [0.25, 0.3) is 55.2 Å². The van der Waals surface area contributed by atoms with Gasteiger partial charge in [-0.3, -0.25) is 0 Å². The standard InChI is InChI=1S/C50H37N3O/c1-50(28-27-38(39-19-8-10-22-43(39)50)40-21-12-24-45-46(40)41-20-9-11-23-44(41)54-45)49-52-47(34-26-25-31-13-2-3-14-32(31)29-34)51-48(53-49)42-30-33-15-4-5-16-35(33)36-17-6-7-18-37(36)42/h2-6,8-17,19-30,33,35,43H,7,18H2,1H3. The van der Waals surface area contributed by atoms with Crippen molar-refractivity contribution < 1.29 is 4.42 Å². The first kappa shape index (κ1) is 31.2. The molecule has 4 atom stereocenters. The molecule has 0 aliphatic heterocycles. The summed E-state index contributed by atoms with van der Waals surface area (Å²) in [5, 5.41) is 4.64. The Morgan fingerprint density at radius 1 is 0.704 bits per heavy atom. The van der Waals surface area contributed by atoms with E-state index in [1.165, 1.54) is 38.6 Å². The molecule has 0 saturated heterocycles. The molecule has 0 radical (unpaired) electrons. The van der Waals surface area contributed by atoms with Crippen LogP contribution in [0.2, 0.25) is 0 Å². The second-order valence-electron chi connectivity index (χ2n) is 15.2. The highest BCUT2D eigenvalue weighted by molar-refractivity contribution is 6.11. The molecule has 0 amide bonds. The zero-order chi connectivity index (χ0) is 35.8. The number of hydrogen-bond acceptors (Lipinski definition) is 4. The third kappa shape index (κ3) is 4.79. The number of nitrogens with zero attached hydrogens (tertiary/aromatic N) is 3. The lowest BCUT2D eigenvalue weighted by molar-refractivity contribution is 0.453. The topological polar surface area (TPSA) is 51.8 Å². The summed E-state index contributed by atoms with van der Waals surface area (Å²) in [7, 11) is 0. The van der Waals surface area contributed by atoms with Crippen molar-refractivity contribution in [2.45, 2.75) is 25.2 Å². The third-order valence-corrected chi connectivity index (χ3v) is 12.1. The molecule has 4 aromatic carbocycles. The number of furan rings is 1. The number of fused-ring (bicyclic) bond motifs is 7. The highest BCUT2D eigenvalue weighted by Gasteiger charge is 2.42. The zero-order valence-corrected chi connectivity index (χ0v) is 30.0. The van der Waals surface area contributed by atoms with Crippen molar-refractivity contribution in [3.05, 3.63) is 198 Å². The Labute approximate surface area is 314 Å². The Balaban J connectivity index is 1.11. The Hall–Kier alpha value is -6.39. The van der Waals surface area contributed by atoms with Gasteiger partial charge < -0.3 is 4.42 Å². The molecule has 0 fully saturated rings. The van der Waals surface area contributed by atoms with Crippen LogP contribution in [0, 0.1) is 17.8 Å². The fourth-order valence-electron chi connectivity index (χ4n) is 9.31. The van der Waals surface area contributed by atoms with Gasteiger partial charge in [0.2, 0.25) is 0 Å². The molecule has 54 heavy (non-hydrogen) atoms. The summed E-state index contributed by atoms with van der Waals surface area (Å²) < 4.78 is 6.33. The number of hydrogen-bond donors (Lipinski definition) is 0. The first-order valence-electron chi connectivity index (χ1n) is 19.0. The van der Waals surface area contributed by atoms with Crippen LogP contribution < -0.4 is 0 Å². The van der Waals surface area contributed by atoms with Gasteiger partial charge in [0, 0.05) is 39.7 Å². The monoisotopic (exact) mass is 695 g/mol. The highest BCUT2D eigenvalue weighted by Crippen LogP contribution is 2.49. The summed E-state index contributed by atoms with van der Waals surface area (Å²) in [4.78, 5) is 16.3. The summed E-state index contributed by atoms with van der Waals surface area (Å²) in [6.45, 7) is 2.29. The summed E-state index contributed by atoms with van der Waals surface area (Å²) >= 11 is 0. The minimum Gasteiger partial charge on any atom is -0.456 e. The third-order valence-electron chi connectivity index (χ3n) is 12.1. The van der Waals surface area contributed by atoms with Gasteiger partial charge in [0.15, 0.2) is 11.6 Å². The summed E-state index contributed by atoms with van der Waals surface area (Å²) in [6, 6.07) is 29.8. The molecular weight excluding hydrogens is 659 g/mol. The lowest BCUT2D eigenvalue weighted by Gasteiger charge is -2.38. The predicted octanol–water partition coefficient (Wildman–Crippen LogP) is 12.0. The van der Waals surface area contributed by atoms with Crippen molar-refractivity contribution in [1.29, 1.82) is 0 Å². The van der Waals surface area contributed by atoms with Gasteiger partial charge in [-0.1, -0.05) is 146 Å². The van der Waals surface area contributed by atoms with E-state index in [0.29, 0.717) is 11.7 Å². The van der Waals surface area contributed by atoms with E-state index in [0.717, 1.165) is 57.6 Å². The van der Waals surface area contributed by atoms with Crippen molar-refractivity contribution in [3.8, 4) is 11.4 Å². The molecule has 0 N–H and O–H groups in total. The molecule has 2 aromatic heterocycles. The van der Waals surface area contributed by atoms with Crippen LogP contribution in [-0.4, -0.2) is 15.0 Å². The summed E-state index contributed by atoms with van der Waals surface area (Å²) in [5.74, 6) is 2.82. The van der Waals surface area contributed by atoms with Crippen molar-refractivity contribution in [2.24, 2.45) is 17.8 Å². The molecule has 11 rings (SSSR count). The lowest BCUT2D eigenvalue weighted by atomic mass is 9.66. The summed E-state index contributed by atoms with van der Waals surface area (Å²) in [5.41, 5.74) is 9.73. The average molecular weight is 696 g/mol. The van der Waals surface area contributed by atoms with E-state index in [1.807, 2.05) is 12.1 Å². The van der Waals surface area contributed by atoms with Gasteiger partial charge >= 0.3 is 0 Å². The van der Waals surface area contributed by atoms with Gasteiger partial charge in [0.1, 0.15) is 17.0 Å². The van der Waals surface area contributed by atoms with E-state index in [4.69, 9.17) is 19.4 Å². The SMILES string of the molecule is CC1(c2nc(C3=CC4C=CC=CC4C4=C3CCC=C4)nc(-c3ccc4ccccc4c3)n2)C=CC(c2cccc3oc4ccccc4c23)=C2C=CC=CC21. The molecule has 6 aromatic rings. The largest absolute Gasteiger partial charge is 0.456 e. The van der Waals surface area contributed by atoms with Crippen LogP contribution in [0.3, 0.4) is 0 Å². The lowest BCUT2D eigenvalue weighted by Crippen LogP contribution is -2.35. The van der Waals surface area contributed by atoms with Gasteiger partial charge in [0.05, 0.1) is 5.41 Å². The van der Waals surface area contributed by atoms with E-state index in [1.54, 1.807) is 0 Å². The molecule has 4 nitrogen and oxygen atoms in total. The van der Waals surface area contributed by atoms with Crippen LogP contribution in [-0.2, 0) is 5.41 Å². The molecule has 4 heteroatoms. The highest BCUT2D eigenvalue weighted by atomic mass is 16.3. The first-order valence-corrected chi connectivity index (χ1v) is 19.0. The molecule has 5 aliphatic rings. The van der Waals surface area contributed by atoms with Gasteiger partial charge in [-0.15, -0.1) is 0 Å². The fourth-order valence-corrected chi connectivity index (χ4v) is 9.31. The van der Waals surface area contributed by atoms with E-state index in [-0.39, 0.29) is 11.8 Å². The van der Waals surface area contributed by atoms with E-state index >= 15 is 0 Å². The minimum atomic E-state index is -0.551. The second-order valence-corrected chi connectivity index (χ2v) is 15.2. The molecule has 2 heterocycles. The molecule has 258 valence electrons. The number of benzene rings is 4. The maximum atomic E-state index is 6.33.